The van der Waals surface area contributed by atoms with Gasteiger partial charge < -0.3 is 5.32 Å². The van der Waals surface area contributed by atoms with Crippen LogP contribution in [-0.4, -0.2) is 23.3 Å². The molecule has 1 N–H and O–H groups in total. The van der Waals surface area contributed by atoms with Crippen molar-refractivity contribution < 1.29 is 0 Å². The highest BCUT2D eigenvalue weighted by molar-refractivity contribution is 7.98. The van der Waals surface area contributed by atoms with Crippen LogP contribution in [0.2, 0.25) is 5.15 Å². The van der Waals surface area contributed by atoms with Gasteiger partial charge in [-0.3, -0.25) is 0 Å². The predicted molar refractivity (Wildman–Crippen MR) is 53.1 cm³/mol. The van der Waals surface area contributed by atoms with Crippen LogP contribution in [0.5, 0.6) is 0 Å². The fraction of sp³-hybridized carbons (Fsp3) is 0.429. The normalized spacial score (nSPS) is 10.0. The van der Waals surface area contributed by atoms with E-state index in [1.807, 2.05) is 20.2 Å². The van der Waals surface area contributed by atoms with Crippen LogP contribution >= 0.6 is 23.4 Å². The van der Waals surface area contributed by atoms with Crippen molar-refractivity contribution in [3.63, 3.8) is 0 Å². The zero-order valence-corrected chi connectivity index (χ0v) is 8.75. The van der Waals surface area contributed by atoms with Gasteiger partial charge in [0.2, 0.25) is 0 Å². The molecule has 1 aromatic heterocycles. The van der Waals surface area contributed by atoms with E-state index in [1.165, 1.54) is 11.8 Å². The Morgan fingerprint density at radius 3 is 2.58 bits per heavy atom. The molecule has 0 spiro atoms. The zero-order chi connectivity index (χ0) is 9.14. The number of halogens is 1. The van der Waals surface area contributed by atoms with Crippen LogP contribution in [0, 0.1) is 6.92 Å². The molecule has 0 unspecified atom stereocenters. The summed E-state index contributed by atoms with van der Waals surface area (Å²) in [6.07, 6.45) is 1.92. The molecule has 0 aliphatic rings. The quantitative estimate of drug-likeness (QED) is 0.454. The average molecular weight is 204 g/mol. The van der Waals surface area contributed by atoms with Gasteiger partial charge in [-0.25, -0.2) is 9.97 Å². The number of thioether (sulfide) groups is 1. The summed E-state index contributed by atoms with van der Waals surface area (Å²) in [5, 5.41) is 4.16. The van der Waals surface area contributed by atoms with Crippen LogP contribution in [0.25, 0.3) is 0 Å². The van der Waals surface area contributed by atoms with Gasteiger partial charge in [0.25, 0.3) is 0 Å². The van der Waals surface area contributed by atoms with Gasteiger partial charge in [-0.1, -0.05) is 23.4 Å². The number of anilines is 1. The maximum Gasteiger partial charge on any atom is 0.190 e. The average Bonchev–Trinajstić information content (AvgIpc) is 2.09. The molecule has 1 aromatic rings. The molecule has 0 atom stereocenters. The Morgan fingerprint density at radius 1 is 1.42 bits per heavy atom. The second kappa shape index (κ2) is 3.96. The van der Waals surface area contributed by atoms with Gasteiger partial charge >= 0.3 is 0 Å². The first kappa shape index (κ1) is 9.61. The SMILES string of the molecule is CNc1nc(SC)nc(Cl)c1C. The molecule has 0 aliphatic heterocycles. The molecule has 0 amide bonds. The lowest BCUT2D eigenvalue weighted by Gasteiger charge is -2.06. The van der Waals surface area contributed by atoms with Crippen molar-refractivity contribution >= 4 is 29.2 Å². The lowest BCUT2D eigenvalue weighted by Crippen LogP contribution is -1.99. The van der Waals surface area contributed by atoms with E-state index >= 15 is 0 Å². The molecule has 3 nitrogen and oxygen atoms in total. The Hall–Kier alpha value is -0.480. The minimum Gasteiger partial charge on any atom is -0.373 e. The van der Waals surface area contributed by atoms with E-state index in [-0.39, 0.29) is 0 Å². The second-order valence-corrected chi connectivity index (χ2v) is 3.36. The van der Waals surface area contributed by atoms with Crippen molar-refractivity contribution in [2.45, 2.75) is 12.1 Å². The molecule has 1 heterocycles. The smallest absolute Gasteiger partial charge is 0.190 e. The van der Waals surface area contributed by atoms with Crippen LogP contribution in [0.15, 0.2) is 5.16 Å². The number of hydrogen-bond donors (Lipinski definition) is 1. The van der Waals surface area contributed by atoms with E-state index in [0.717, 1.165) is 11.4 Å². The Bertz CT molecular complexity index is 290. The van der Waals surface area contributed by atoms with Crippen molar-refractivity contribution in [1.82, 2.24) is 9.97 Å². The molecule has 5 heteroatoms. The second-order valence-electron chi connectivity index (χ2n) is 2.22. The molecular weight excluding hydrogens is 194 g/mol. The van der Waals surface area contributed by atoms with E-state index < -0.39 is 0 Å². The molecule has 0 fully saturated rings. The Kier molecular flexibility index (Phi) is 3.17. The Labute approximate surface area is 80.9 Å². The largest absolute Gasteiger partial charge is 0.373 e. The van der Waals surface area contributed by atoms with Crippen molar-refractivity contribution in [2.24, 2.45) is 0 Å². The third-order valence-electron chi connectivity index (χ3n) is 1.49. The highest BCUT2D eigenvalue weighted by atomic mass is 35.5. The van der Waals surface area contributed by atoms with E-state index in [2.05, 4.69) is 15.3 Å². The van der Waals surface area contributed by atoms with Crippen LogP contribution in [0.1, 0.15) is 5.56 Å². The molecular formula is C7H10ClN3S. The van der Waals surface area contributed by atoms with E-state index in [4.69, 9.17) is 11.6 Å². The lowest BCUT2D eigenvalue weighted by molar-refractivity contribution is 0.956. The van der Waals surface area contributed by atoms with Gasteiger partial charge in [0.15, 0.2) is 5.16 Å². The molecule has 1 rings (SSSR count). The highest BCUT2D eigenvalue weighted by Gasteiger charge is 2.06. The van der Waals surface area contributed by atoms with Gasteiger partial charge in [-0.05, 0) is 13.2 Å². The molecule has 0 bridgehead atoms. The molecule has 0 saturated carbocycles. The number of hydrogen-bond acceptors (Lipinski definition) is 4. The highest BCUT2D eigenvalue weighted by Crippen LogP contribution is 2.22. The number of nitrogens with one attached hydrogen (secondary N) is 1. The van der Waals surface area contributed by atoms with E-state index in [1.54, 1.807) is 0 Å². The molecule has 12 heavy (non-hydrogen) atoms. The number of rotatable bonds is 2. The van der Waals surface area contributed by atoms with Gasteiger partial charge in [0, 0.05) is 12.6 Å². The van der Waals surface area contributed by atoms with Crippen molar-refractivity contribution in [3.8, 4) is 0 Å². The van der Waals surface area contributed by atoms with E-state index in [0.29, 0.717) is 10.3 Å². The minimum absolute atomic E-state index is 0.513. The van der Waals surface area contributed by atoms with Crippen molar-refractivity contribution in [1.29, 1.82) is 0 Å². The Balaban J connectivity index is 3.19. The third kappa shape index (κ3) is 1.81. The summed E-state index contributed by atoms with van der Waals surface area (Å²) in [6, 6.07) is 0. The molecule has 66 valence electrons. The predicted octanol–water partition coefficient (Wildman–Crippen LogP) is 2.20. The van der Waals surface area contributed by atoms with E-state index in [9.17, 15) is 0 Å². The van der Waals surface area contributed by atoms with Gasteiger partial charge in [0.1, 0.15) is 11.0 Å². The first-order chi connectivity index (χ1) is 5.69. The number of aromatic nitrogens is 2. The lowest BCUT2D eigenvalue weighted by atomic mass is 10.3. The first-order valence-electron chi connectivity index (χ1n) is 3.45. The molecule has 0 radical (unpaired) electrons. The molecule has 0 aromatic carbocycles. The number of nitrogens with zero attached hydrogens (tertiary/aromatic N) is 2. The summed E-state index contributed by atoms with van der Waals surface area (Å²) < 4.78 is 0. The topological polar surface area (TPSA) is 37.8 Å². The molecule has 0 saturated heterocycles. The summed E-state index contributed by atoms with van der Waals surface area (Å²) in [6.45, 7) is 1.89. The maximum atomic E-state index is 5.87. The Morgan fingerprint density at radius 2 is 2.08 bits per heavy atom. The fourth-order valence-corrected chi connectivity index (χ4v) is 1.39. The van der Waals surface area contributed by atoms with Crippen LogP contribution in [0.3, 0.4) is 0 Å². The van der Waals surface area contributed by atoms with Crippen LogP contribution in [-0.2, 0) is 0 Å². The van der Waals surface area contributed by atoms with Crippen molar-refractivity contribution in [2.75, 3.05) is 18.6 Å². The summed E-state index contributed by atoms with van der Waals surface area (Å²) in [5.74, 6) is 0.791. The van der Waals surface area contributed by atoms with Gasteiger partial charge in [-0.2, -0.15) is 0 Å². The summed E-state index contributed by atoms with van der Waals surface area (Å²) in [5.41, 5.74) is 0.886. The minimum atomic E-state index is 0.513. The fourth-order valence-electron chi connectivity index (χ4n) is 0.805. The third-order valence-corrected chi connectivity index (χ3v) is 2.40. The summed E-state index contributed by atoms with van der Waals surface area (Å²) in [7, 11) is 1.82. The first-order valence-corrected chi connectivity index (χ1v) is 5.05. The summed E-state index contributed by atoms with van der Waals surface area (Å²) >= 11 is 7.35. The van der Waals surface area contributed by atoms with Gasteiger partial charge in [0.05, 0.1) is 0 Å². The summed E-state index contributed by atoms with van der Waals surface area (Å²) in [4.78, 5) is 8.30. The van der Waals surface area contributed by atoms with Gasteiger partial charge in [-0.15, -0.1) is 0 Å². The van der Waals surface area contributed by atoms with Crippen LogP contribution < -0.4 is 5.32 Å². The standard InChI is InChI=1S/C7H10ClN3S/c1-4-5(8)10-7(12-3)11-6(4)9-2/h1-3H3,(H,9,10,11). The van der Waals surface area contributed by atoms with Crippen molar-refractivity contribution in [3.05, 3.63) is 10.7 Å². The van der Waals surface area contributed by atoms with Crippen LogP contribution in [0.4, 0.5) is 5.82 Å². The monoisotopic (exact) mass is 203 g/mol. The zero-order valence-electron chi connectivity index (χ0n) is 7.18. The maximum absolute atomic E-state index is 5.87. The molecule has 0 aliphatic carbocycles.